The summed E-state index contributed by atoms with van der Waals surface area (Å²) in [5.41, 5.74) is 0. The third kappa shape index (κ3) is 12.8. The van der Waals surface area contributed by atoms with E-state index in [1.54, 1.807) is 0 Å². The maximum Gasteiger partial charge on any atom is -0.0412 e. The largest absolute Gasteiger partial charge is 0.0654 e. The summed E-state index contributed by atoms with van der Waals surface area (Å²) in [7, 11) is 0. The first kappa shape index (κ1) is 19.0. The van der Waals surface area contributed by atoms with Gasteiger partial charge in [0, 0.05) is 0 Å². The van der Waals surface area contributed by atoms with Crippen LogP contribution in [0.4, 0.5) is 0 Å². The summed E-state index contributed by atoms with van der Waals surface area (Å²) in [6, 6.07) is 0. The van der Waals surface area contributed by atoms with E-state index in [0.29, 0.717) is 0 Å². The molecule has 19 heavy (non-hydrogen) atoms. The molecule has 0 saturated carbocycles. The number of rotatable bonds is 14. The quantitative estimate of drug-likeness (QED) is 0.288. The fraction of sp³-hybridized carbons (Fsp3) is 1.00. The van der Waals surface area contributed by atoms with Gasteiger partial charge in [-0.05, 0) is 18.3 Å². The van der Waals surface area contributed by atoms with E-state index >= 15 is 0 Å². The van der Waals surface area contributed by atoms with Crippen molar-refractivity contribution in [3.05, 3.63) is 0 Å². The Morgan fingerprint density at radius 3 is 1.79 bits per heavy atom. The smallest absolute Gasteiger partial charge is 0.0412 e. The van der Waals surface area contributed by atoms with Gasteiger partial charge in [0.05, 0.1) is 0 Å². The fourth-order valence-corrected chi connectivity index (χ4v) is 3.25. The maximum absolute atomic E-state index is 2.49. The van der Waals surface area contributed by atoms with Gasteiger partial charge in [-0.25, -0.2) is 0 Å². The van der Waals surface area contributed by atoms with E-state index in [0.717, 1.165) is 11.8 Å². The highest BCUT2D eigenvalue weighted by Gasteiger charge is 2.12. The van der Waals surface area contributed by atoms with Crippen molar-refractivity contribution in [2.24, 2.45) is 11.8 Å². The average molecular weight is 269 g/mol. The van der Waals surface area contributed by atoms with E-state index in [9.17, 15) is 0 Å². The molecule has 0 heterocycles. The lowest BCUT2D eigenvalue weighted by Crippen LogP contribution is -2.07. The number of unbranched alkanes of at least 4 members (excludes halogenated alkanes) is 6. The molecule has 0 aromatic heterocycles. The maximum atomic E-state index is 2.49. The Hall–Kier alpha value is 0. The Morgan fingerprint density at radius 2 is 1.16 bits per heavy atom. The molecule has 0 aliphatic heterocycles. The highest BCUT2D eigenvalue weighted by atomic mass is 14.2. The van der Waals surface area contributed by atoms with Gasteiger partial charge in [0.2, 0.25) is 0 Å². The summed E-state index contributed by atoms with van der Waals surface area (Å²) >= 11 is 0. The third-order valence-corrected chi connectivity index (χ3v) is 4.45. The molecule has 0 aliphatic rings. The molecule has 0 aromatic carbocycles. The average Bonchev–Trinajstić information content (AvgIpc) is 2.39. The van der Waals surface area contributed by atoms with E-state index in [1.807, 2.05) is 0 Å². The highest BCUT2D eigenvalue weighted by Crippen LogP contribution is 2.26. The molecule has 116 valence electrons. The van der Waals surface area contributed by atoms with Gasteiger partial charge in [0.15, 0.2) is 0 Å². The van der Waals surface area contributed by atoms with Gasteiger partial charge >= 0.3 is 0 Å². The molecule has 0 aromatic rings. The lowest BCUT2D eigenvalue weighted by Gasteiger charge is -2.20. The first-order valence-corrected chi connectivity index (χ1v) is 9.24. The molecule has 0 N–H and O–H groups in total. The molecule has 0 nitrogen and oxygen atoms in total. The van der Waals surface area contributed by atoms with Gasteiger partial charge in [-0.2, -0.15) is 0 Å². The predicted molar refractivity (Wildman–Crippen MR) is 89.7 cm³/mol. The molecular formula is C19H40. The van der Waals surface area contributed by atoms with Crippen molar-refractivity contribution in [2.45, 2.75) is 111 Å². The van der Waals surface area contributed by atoms with Crippen molar-refractivity contribution in [1.29, 1.82) is 0 Å². The molecule has 0 fully saturated rings. The van der Waals surface area contributed by atoms with Crippen LogP contribution in [0.1, 0.15) is 111 Å². The van der Waals surface area contributed by atoms with Crippen LogP contribution in [-0.4, -0.2) is 0 Å². The monoisotopic (exact) mass is 268 g/mol. The lowest BCUT2D eigenvalue weighted by molar-refractivity contribution is 0.320. The van der Waals surface area contributed by atoms with Crippen LogP contribution < -0.4 is 0 Å². The second-order valence-corrected chi connectivity index (χ2v) is 6.69. The highest BCUT2D eigenvalue weighted by molar-refractivity contribution is 4.64. The van der Waals surface area contributed by atoms with Crippen molar-refractivity contribution in [3.63, 3.8) is 0 Å². The van der Waals surface area contributed by atoms with Gasteiger partial charge < -0.3 is 0 Å². The predicted octanol–water partition coefficient (Wildman–Crippen LogP) is 7.37. The SMILES string of the molecule is CCCCCCCC(C)CC(CCC)CCCCC. The summed E-state index contributed by atoms with van der Waals surface area (Å²) in [4.78, 5) is 0. The van der Waals surface area contributed by atoms with Crippen LogP contribution in [0.2, 0.25) is 0 Å². The zero-order valence-electron chi connectivity index (χ0n) is 14.3. The lowest BCUT2D eigenvalue weighted by atomic mass is 9.86. The summed E-state index contributed by atoms with van der Waals surface area (Å²) in [6.07, 6.45) is 18.7. The standard InChI is InChI=1S/C19H40/c1-5-8-10-11-13-15-18(4)17-19(14-7-3)16-12-9-6-2/h18-19H,5-17H2,1-4H3. The topological polar surface area (TPSA) is 0 Å². The summed E-state index contributed by atoms with van der Waals surface area (Å²) in [5, 5.41) is 0. The van der Waals surface area contributed by atoms with Crippen LogP contribution in [0.3, 0.4) is 0 Å². The molecule has 0 spiro atoms. The minimum Gasteiger partial charge on any atom is -0.0654 e. The minimum atomic E-state index is 0.958. The first-order valence-electron chi connectivity index (χ1n) is 9.24. The van der Waals surface area contributed by atoms with Crippen LogP contribution >= 0.6 is 0 Å². The van der Waals surface area contributed by atoms with E-state index in [4.69, 9.17) is 0 Å². The summed E-state index contributed by atoms with van der Waals surface area (Å²) in [5.74, 6) is 1.97. The summed E-state index contributed by atoms with van der Waals surface area (Å²) in [6.45, 7) is 9.45. The van der Waals surface area contributed by atoms with Crippen molar-refractivity contribution in [1.82, 2.24) is 0 Å². The Bertz CT molecular complexity index is 161. The van der Waals surface area contributed by atoms with Gasteiger partial charge in [-0.3, -0.25) is 0 Å². The molecule has 0 radical (unpaired) electrons. The summed E-state index contributed by atoms with van der Waals surface area (Å²) < 4.78 is 0. The first-order chi connectivity index (χ1) is 9.24. The molecule has 0 bridgehead atoms. The van der Waals surface area contributed by atoms with Crippen molar-refractivity contribution < 1.29 is 0 Å². The van der Waals surface area contributed by atoms with Gasteiger partial charge in [0.1, 0.15) is 0 Å². The Morgan fingerprint density at radius 1 is 0.579 bits per heavy atom. The van der Waals surface area contributed by atoms with E-state index in [1.165, 1.54) is 83.5 Å². The normalized spacial score (nSPS) is 14.5. The Kier molecular flexibility index (Phi) is 14.4. The van der Waals surface area contributed by atoms with E-state index < -0.39 is 0 Å². The second kappa shape index (κ2) is 14.4. The Balaban J connectivity index is 3.66. The molecule has 0 rings (SSSR count). The number of hydrogen-bond donors (Lipinski definition) is 0. The molecule has 0 saturated heterocycles. The van der Waals surface area contributed by atoms with Crippen molar-refractivity contribution in [3.8, 4) is 0 Å². The zero-order chi connectivity index (χ0) is 14.3. The molecule has 2 unspecified atom stereocenters. The molecule has 2 atom stereocenters. The van der Waals surface area contributed by atoms with E-state index in [-0.39, 0.29) is 0 Å². The molecule has 0 aliphatic carbocycles. The van der Waals surface area contributed by atoms with Gasteiger partial charge in [-0.15, -0.1) is 0 Å². The van der Waals surface area contributed by atoms with E-state index in [2.05, 4.69) is 27.7 Å². The second-order valence-electron chi connectivity index (χ2n) is 6.69. The molecule has 0 heteroatoms. The van der Waals surface area contributed by atoms with Crippen LogP contribution in [-0.2, 0) is 0 Å². The fourth-order valence-electron chi connectivity index (χ4n) is 3.25. The minimum absolute atomic E-state index is 0.958. The molecular weight excluding hydrogens is 228 g/mol. The van der Waals surface area contributed by atoms with Crippen LogP contribution in [0, 0.1) is 11.8 Å². The van der Waals surface area contributed by atoms with Crippen molar-refractivity contribution >= 4 is 0 Å². The molecule has 0 amide bonds. The van der Waals surface area contributed by atoms with Crippen LogP contribution in [0.5, 0.6) is 0 Å². The van der Waals surface area contributed by atoms with Gasteiger partial charge in [-0.1, -0.05) is 105 Å². The third-order valence-electron chi connectivity index (χ3n) is 4.45. The Labute approximate surface area is 123 Å². The van der Waals surface area contributed by atoms with Gasteiger partial charge in [0.25, 0.3) is 0 Å². The van der Waals surface area contributed by atoms with Crippen LogP contribution in [0.15, 0.2) is 0 Å². The number of hydrogen-bond acceptors (Lipinski definition) is 0. The van der Waals surface area contributed by atoms with Crippen LogP contribution in [0.25, 0.3) is 0 Å². The zero-order valence-corrected chi connectivity index (χ0v) is 14.3. The van der Waals surface area contributed by atoms with Crippen molar-refractivity contribution in [2.75, 3.05) is 0 Å².